The molecule has 0 bridgehead atoms. The number of nitrogens with two attached hydrogens (primary N) is 1. The van der Waals surface area contributed by atoms with E-state index in [2.05, 4.69) is 9.88 Å². The van der Waals surface area contributed by atoms with Crippen LogP contribution in [-0.4, -0.2) is 27.5 Å². The topological polar surface area (TPSA) is 84.1 Å². The van der Waals surface area contributed by atoms with Crippen LogP contribution in [0.25, 0.3) is 5.69 Å². The zero-order valence-corrected chi connectivity index (χ0v) is 11.7. The fourth-order valence-corrected chi connectivity index (χ4v) is 2.74. The molecular weight excluding hydrogens is 268 g/mol. The van der Waals surface area contributed by atoms with Gasteiger partial charge in [0.25, 0.3) is 5.56 Å². The first-order chi connectivity index (χ1) is 10.2. The van der Waals surface area contributed by atoms with Crippen LogP contribution in [0.1, 0.15) is 18.4 Å². The molecule has 110 valence electrons. The SMILES string of the molecule is Nc1c(CN2CCCC2)c(=O)[nH]c(=O)n1-c1ccccc1. The van der Waals surface area contributed by atoms with Crippen LogP contribution in [0, 0.1) is 0 Å². The van der Waals surface area contributed by atoms with Crippen molar-refractivity contribution in [3.63, 3.8) is 0 Å². The van der Waals surface area contributed by atoms with Crippen molar-refractivity contribution in [2.75, 3.05) is 18.8 Å². The van der Waals surface area contributed by atoms with Gasteiger partial charge in [-0.3, -0.25) is 14.7 Å². The Hall–Kier alpha value is -2.34. The van der Waals surface area contributed by atoms with Crippen LogP contribution in [0.3, 0.4) is 0 Å². The van der Waals surface area contributed by atoms with Gasteiger partial charge < -0.3 is 5.73 Å². The first kappa shape index (κ1) is 13.6. The molecule has 0 amide bonds. The summed E-state index contributed by atoms with van der Waals surface area (Å²) < 4.78 is 1.35. The highest BCUT2D eigenvalue weighted by Gasteiger charge is 2.18. The maximum absolute atomic E-state index is 12.1. The molecule has 3 rings (SSSR count). The lowest BCUT2D eigenvalue weighted by molar-refractivity contribution is 0.329. The number of H-pyrrole nitrogens is 1. The molecule has 0 saturated carbocycles. The number of nitrogens with zero attached hydrogens (tertiary/aromatic N) is 2. The molecule has 6 nitrogen and oxygen atoms in total. The van der Waals surface area contributed by atoms with E-state index < -0.39 is 11.2 Å². The first-order valence-electron chi connectivity index (χ1n) is 7.08. The minimum Gasteiger partial charge on any atom is -0.384 e. The molecule has 0 radical (unpaired) electrons. The van der Waals surface area contributed by atoms with Gasteiger partial charge in [0.05, 0.1) is 11.3 Å². The summed E-state index contributed by atoms with van der Waals surface area (Å²) in [6.45, 7) is 2.40. The molecule has 1 fully saturated rings. The number of likely N-dealkylation sites (tertiary alicyclic amines) is 1. The maximum atomic E-state index is 12.1. The van der Waals surface area contributed by atoms with Crippen LogP contribution < -0.4 is 17.0 Å². The van der Waals surface area contributed by atoms with Crippen LogP contribution in [-0.2, 0) is 6.54 Å². The summed E-state index contributed by atoms with van der Waals surface area (Å²) in [5, 5.41) is 0. The average molecular weight is 286 g/mol. The van der Waals surface area contributed by atoms with Crippen molar-refractivity contribution < 1.29 is 0 Å². The van der Waals surface area contributed by atoms with Crippen molar-refractivity contribution in [3.05, 3.63) is 56.7 Å². The molecule has 3 N–H and O–H groups in total. The highest BCUT2D eigenvalue weighted by Crippen LogP contribution is 2.16. The van der Waals surface area contributed by atoms with Crippen LogP contribution in [0.2, 0.25) is 0 Å². The molecule has 1 aliphatic rings. The maximum Gasteiger partial charge on any atom is 0.334 e. The normalized spacial score (nSPS) is 15.4. The molecule has 6 heteroatoms. The summed E-state index contributed by atoms with van der Waals surface area (Å²) in [6.07, 6.45) is 2.27. The lowest BCUT2D eigenvalue weighted by Gasteiger charge is -2.17. The van der Waals surface area contributed by atoms with Crippen molar-refractivity contribution in [1.29, 1.82) is 0 Å². The number of hydrogen-bond donors (Lipinski definition) is 2. The third-order valence-corrected chi connectivity index (χ3v) is 3.84. The minimum atomic E-state index is -0.506. The average Bonchev–Trinajstić information content (AvgIpc) is 2.97. The van der Waals surface area contributed by atoms with E-state index in [0.29, 0.717) is 17.8 Å². The van der Waals surface area contributed by atoms with Gasteiger partial charge in [-0.25, -0.2) is 9.36 Å². The number of aromatic nitrogens is 2. The molecule has 0 unspecified atom stereocenters. The summed E-state index contributed by atoms with van der Waals surface area (Å²) in [6, 6.07) is 9.09. The summed E-state index contributed by atoms with van der Waals surface area (Å²) in [5.41, 5.74) is 6.32. The number of nitrogen functional groups attached to an aromatic ring is 1. The summed E-state index contributed by atoms with van der Waals surface area (Å²) in [7, 11) is 0. The van der Waals surface area contributed by atoms with E-state index in [4.69, 9.17) is 5.73 Å². The van der Waals surface area contributed by atoms with Crippen molar-refractivity contribution in [2.24, 2.45) is 0 Å². The molecule has 1 aromatic heterocycles. The van der Waals surface area contributed by atoms with Gasteiger partial charge in [0.2, 0.25) is 0 Å². The molecular formula is C15H18N4O2. The summed E-state index contributed by atoms with van der Waals surface area (Å²) in [4.78, 5) is 28.7. The Bertz CT molecular complexity index is 743. The molecule has 1 aromatic carbocycles. The van der Waals surface area contributed by atoms with Crippen molar-refractivity contribution in [2.45, 2.75) is 19.4 Å². The fourth-order valence-electron chi connectivity index (χ4n) is 2.74. The van der Waals surface area contributed by atoms with Gasteiger partial charge in [-0.15, -0.1) is 0 Å². The van der Waals surface area contributed by atoms with Crippen LogP contribution >= 0.6 is 0 Å². The van der Waals surface area contributed by atoms with E-state index in [1.165, 1.54) is 4.57 Å². The highest BCUT2D eigenvalue weighted by molar-refractivity contribution is 5.46. The second-order valence-corrected chi connectivity index (χ2v) is 5.28. The lowest BCUT2D eigenvalue weighted by atomic mass is 10.2. The van der Waals surface area contributed by atoms with E-state index in [-0.39, 0.29) is 5.82 Å². The molecule has 2 heterocycles. The molecule has 0 atom stereocenters. The second kappa shape index (κ2) is 5.57. The Morgan fingerprint density at radius 1 is 1.10 bits per heavy atom. The predicted molar refractivity (Wildman–Crippen MR) is 81.6 cm³/mol. The Kier molecular flexibility index (Phi) is 3.62. The zero-order valence-electron chi connectivity index (χ0n) is 11.7. The predicted octanol–water partition coefficient (Wildman–Crippen LogP) is 0.704. The standard InChI is InChI=1S/C15H18N4O2/c16-13-12(10-18-8-4-5-9-18)14(20)17-15(21)19(13)11-6-2-1-3-7-11/h1-3,6-7H,4-5,8-10,16H2,(H,17,20,21). The molecule has 1 aliphatic heterocycles. The number of para-hydroxylation sites is 1. The second-order valence-electron chi connectivity index (χ2n) is 5.28. The monoisotopic (exact) mass is 286 g/mol. The fraction of sp³-hybridized carbons (Fsp3) is 0.333. The van der Waals surface area contributed by atoms with Gasteiger partial charge in [-0.2, -0.15) is 0 Å². The molecule has 1 saturated heterocycles. The van der Waals surface area contributed by atoms with E-state index in [1.807, 2.05) is 18.2 Å². The van der Waals surface area contributed by atoms with Gasteiger partial charge >= 0.3 is 5.69 Å². The smallest absolute Gasteiger partial charge is 0.334 e. The van der Waals surface area contributed by atoms with Crippen LogP contribution in [0.4, 0.5) is 5.82 Å². The van der Waals surface area contributed by atoms with E-state index in [0.717, 1.165) is 25.9 Å². The zero-order chi connectivity index (χ0) is 14.8. The van der Waals surface area contributed by atoms with E-state index in [1.54, 1.807) is 12.1 Å². The number of nitrogens with one attached hydrogen (secondary N) is 1. The number of hydrogen-bond acceptors (Lipinski definition) is 4. The number of rotatable bonds is 3. The third kappa shape index (κ3) is 2.62. The number of aromatic amines is 1. The van der Waals surface area contributed by atoms with Gasteiger partial charge in [-0.1, -0.05) is 18.2 Å². The Balaban J connectivity index is 2.09. The summed E-state index contributed by atoms with van der Waals surface area (Å²) in [5.74, 6) is 0.224. The first-order valence-corrected chi connectivity index (χ1v) is 7.08. The molecule has 0 spiro atoms. The van der Waals surface area contributed by atoms with E-state index >= 15 is 0 Å². The number of benzene rings is 1. The highest BCUT2D eigenvalue weighted by atomic mass is 16.2. The van der Waals surface area contributed by atoms with Gasteiger partial charge in [0.15, 0.2) is 0 Å². The quantitative estimate of drug-likeness (QED) is 0.870. The van der Waals surface area contributed by atoms with Crippen LogP contribution in [0.5, 0.6) is 0 Å². The van der Waals surface area contributed by atoms with Crippen molar-refractivity contribution >= 4 is 5.82 Å². The van der Waals surface area contributed by atoms with Crippen molar-refractivity contribution in [1.82, 2.24) is 14.5 Å². The molecule has 0 aliphatic carbocycles. The van der Waals surface area contributed by atoms with E-state index in [9.17, 15) is 9.59 Å². The Morgan fingerprint density at radius 2 is 1.76 bits per heavy atom. The largest absolute Gasteiger partial charge is 0.384 e. The molecule has 2 aromatic rings. The van der Waals surface area contributed by atoms with Crippen molar-refractivity contribution in [3.8, 4) is 5.69 Å². The third-order valence-electron chi connectivity index (χ3n) is 3.84. The Labute approximate surface area is 121 Å². The van der Waals surface area contributed by atoms with Gasteiger partial charge in [0, 0.05) is 6.54 Å². The Morgan fingerprint density at radius 3 is 2.43 bits per heavy atom. The van der Waals surface area contributed by atoms with Gasteiger partial charge in [0.1, 0.15) is 5.82 Å². The summed E-state index contributed by atoms with van der Waals surface area (Å²) >= 11 is 0. The number of anilines is 1. The van der Waals surface area contributed by atoms with Crippen LogP contribution in [0.15, 0.2) is 39.9 Å². The van der Waals surface area contributed by atoms with Gasteiger partial charge in [-0.05, 0) is 38.1 Å². The lowest BCUT2D eigenvalue weighted by Crippen LogP contribution is -2.36. The minimum absolute atomic E-state index is 0.224. The molecule has 21 heavy (non-hydrogen) atoms.